The minimum absolute atomic E-state index is 0.180. The summed E-state index contributed by atoms with van der Waals surface area (Å²) in [6.07, 6.45) is 3.25. The van der Waals surface area contributed by atoms with Gasteiger partial charge in [-0.15, -0.1) is 11.3 Å². The molecule has 0 saturated carbocycles. The molecule has 0 spiro atoms. The van der Waals surface area contributed by atoms with E-state index < -0.39 is 0 Å². The zero-order valence-corrected chi connectivity index (χ0v) is 14.0. The zero-order chi connectivity index (χ0) is 16.8. The SMILES string of the molecule is COc1ccc(NC(C)=O)cc1NC(=O)C=Cc1sccc1C. The van der Waals surface area contributed by atoms with E-state index in [4.69, 9.17) is 4.74 Å². The lowest BCUT2D eigenvalue weighted by Gasteiger charge is -2.11. The second-order valence-electron chi connectivity index (χ2n) is 4.89. The fraction of sp³-hybridized carbons (Fsp3) is 0.176. The normalized spacial score (nSPS) is 10.6. The number of benzene rings is 1. The number of methoxy groups -OCH3 is 1. The van der Waals surface area contributed by atoms with Gasteiger partial charge in [0, 0.05) is 23.6 Å². The van der Waals surface area contributed by atoms with Gasteiger partial charge in [0.1, 0.15) is 5.75 Å². The largest absolute Gasteiger partial charge is 0.495 e. The number of nitrogens with one attached hydrogen (secondary N) is 2. The molecule has 0 aliphatic heterocycles. The van der Waals surface area contributed by atoms with Crippen LogP contribution < -0.4 is 15.4 Å². The van der Waals surface area contributed by atoms with Crippen molar-refractivity contribution in [3.63, 3.8) is 0 Å². The van der Waals surface area contributed by atoms with Crippen LogP contribution in [0.5, 0.6) is 5.75 Å². The molecule has 0 radical (unpaired) electrons. The molecule has 23 heavy (non-hydrogen) atoms. The van der Waals surface area contributed by atoms with Crippen molar-refractivity contribution in [1.29, 1.82) is 0 Å². The number of rotatable bonds is 5. The Morgan fingerprint density at radius 1 is 1.22 bits per heavy atom. The van der Waals surface area contributed by atoms with Crippen LogP contribution in [0.15, 0.2) is 35.7 Å². The molecule has 1 heterocycles. The minimum Gasteiger partial charge on any atom is -0.495 e. The summed E-state index contributed by atoms with van der Waals surface area (Å²) in [6, 6.07) is 7.05. The molecule has 1 aromatic heterocycles. The van der Waals surface area contributed by atoms with Crippen molar-refractivity contribution in [2.24, 2.45) is 0 Å². The molecule has 6 heteroatoms. The number of carbonyl (C=O) groups excluding carboxylic acids is 2. The van der Waals surface area contributed by atoms with Gasteiger partial charge in [0.2, 0.25) is 11.8 Å². The van der Waals surface area contributed by atoms with Gasteiger partial charge in [-0.2, -0.15) is 0 Å². The summed E-state index contributed by atoms with van der Waals surface area (Å²) in [5.41, 5.74) is 2.22. The maximum absolute atomic E-state index is 12.1. The minimum atomic E-state index is -0.268. The van der Waals surface area contributed by atoms with Crippen LogP contribution >= 0.6 is 11.3 Å². The number of thiophene rings is 1. The van der Waals surface area contributed by atoms with E-state index in [2.05, 4.69) is 10.6 Å². The van der Waals surface area contributed by atoms with Crippen molar-refractivity contribution in [3.8, 4) is 5.75 Å². The first-order chi connectivity index (χ1) is 11.0. The second kappa shape index (κ2) is 7.60. The molecule has 0 unspecified atom stereocenters. The molecular weight excluding hydrogens is 312 g/mol. The van der Waals surface area contributed by atoms with E-state index >= 15 is 0 Å². The number of hydrogen-bond acceptors (Lipinski definition) is 4. The van der Waals surface area contributed by atoms with Gasteiger partial charge >= 0.3 is 0 Å². The molecule has 0 aliphatic rings. The molecule has 5 nitrogen and oxygen atoms in total. The van der Waals surface area contributed by atoms with Gasteiger partial charge in [-0.1, -0.05) is 0 Å². The Balaban J connectivity index is 2.14. The van der Waals surface area contributed by atoms with Crippen molar-refractivity contribution in [3.05, 3.63) is 46.2 Å². The van der Waals surface area contributed by atoms with E-state index in [-0.39, 0.29) is 11.8 Å². The van der Waals surface area contributed by atoms with Gasteiger partial charge in [0.15, 0.2) is 0 Å². The number of amides is 2. The van der Waals surface area contributed by atoms with E-state index in [0.717, 1.165) is 10.4 Å². The molecule has 2 N–H and O–H groups in total. The fourth-order valence-electron chi connectivity index (χ4n) is 1.97. The van der Waals surface area contributed by atoms with Crippen LogP contribution in [0.4, 0.5) is 11.4 Å². The van der Waals surface area contributed by atoms with Gasteiger partial charge in [0.05, 0.1) is 12.8 Å². The Kier molecular flexibility index (Phi) is 5.54. The number of carbonyl (C=O) groups is 2. The Hall–Kier alpha value is -2.60. The van der Waals surface area contributed by atoms with Crippen molar-refractivity contribution < 1.29 is 14.3 Å². The molecule has 0 atom stereocenters. The average Bonchev–Trinajstić information content (AvgIpc) is 2.90. The molecule has 1 aromatic carbocycles. The third kappa shape index (κ3) is 4.69. The summed E-state index contributed by atoms with van der Waals surface area (Å²) < 4.78 is 5.23. The Morgan fingerprint density at radius 2 is 2.00 bits per heavy atom. The van der Waals surface area contributed by atoms with Crippen LogP contribution in [-0.2, 0) is 9.59 Å². The molecule has 120 valence electrons. The van der Waals surface area contributed by atoms with Crippen molar-refractivity contribution in [2.45, 2.75) is 13.8 Å². The Bertz CT molecular complexity index is 750. The summed E-state index contributed by atoms with van der Waals surface area (Å²) in [5, 5.41) is 7.41. The van der Waals surface area contributed by atoms with Gasteiger partial charge in [-0.05, 0) is 48.2 Å². The first-order valence-electron chi connectivity index (χ1n) is 6.98. The lowest BCUT2D eigenvalue weighted by Crippen LogP contribution is -2.10. The summed E-state index contributed by atoms with van der Waals surface area (Å²) in [6.45, 7) is 3.42. The van der Waals surface area contributed by atoms with Crippen LogP contribution in [-0.4, -0.2) is 18.9 Å². The molecule has 2 aromatic rings. The number of hydrogen-bond donors (Lipinski definition) is 2. The van der Waals surface area contributed by atoms with E-state index in [1.165, 1.54) is 20.1 Å². The standard InChI is InChI=1S/C17H18N2O3S/c1-11-8-9-23-16(11)6-7-17(21)19-14-10-13(18-12(2)20)4-5-15(14)22-3/h4-10H,1-3H3,(H,18,20)(H,19,21). The van der Waals surface area contributed by atoms with Crippen LogP contribution in [0, 0.1) is 6.92 Å². The summed E-state index contributed by atoms with van der Waals surface area (Å²) in [4.78, 5) is 24.3. The Morgan fingerprint density at radius 3 is 2.61 bits per heavy atom. The monoisotopic (exact) mass is 330 g/mol. The fourth-order valence-corrected chi connectivity index (χ4v) is 2.79. The first-order valence-corrected chi connectivity index (χ1v) is 7.86. The topological polar surface area (TPSA) is 67.4 Å². The van der Waals surface area contributed by atoms with Gasteiger partial charge < -0.3 is 15.4 Å². The van der Waals surface area contributed by atoms with Crippen molar-refractivity contribution in [2.75, 3.05) is 17.7 Å². The van der Waals surface area contributed by atoms with Crippen LogP contribution in [0.25, 0.3) is 6.08 Å². The third-order valence-electron chi connectivity index (χ3n) is 3.07. The van der Waals surface area contributed by atoms with Crippen molar-refractivity contribution >= 4 is 40.6 Å². The maximum Gasteiger partial charge on any atom is 0.248 e. The van der Waals surface area contributed by atoms with E-state index in [1.54, 1.807) is 35.6 Å². The predicted octanol–water partition coefficient (Wildman–Crippen LogP) is 3.68. The van der Waals surface area contributed by atoms with Crippen LogP contribution in [0.3, 0.4) is 0 Å². The molecule has 2 amide bonds. The molecule has 2 rings (SSSR count). The highest BCUT2D eigenvalue weighted by molar-refractivity contribution is 7.11. The lowest BCUT2D eigenvalue weighted by molar-refractivity contribution is -0.114. The lowest BCUT2D eigenvalue weighted by atomic mass is 10.2. The molecular formula is C17H18N2O3S. The highest BCUT2D eigenvalue weighted by Crippen LogP contribution is 2.28. The molecule has 0 fully saturated rings. The summed E-state index contributed by atoms with van der Waals surface area (Å²) in [7, 11) is 1.52. The van der Waals surface area contributed by atoms with E-state index in [0.29, 0.717) is 17.1 Å². The highest BCUT2D eigenvalue weighted by atomic mass is 32.1. The number of aryl methyl sites for hydroxylation is 1. The Labute approximate surface area is 139 Å². The van der Waals surface area contributed by atoms with Crippen molar-refractivity contribution in [1.82, 2.24) is 0 Å². The van der Waals surface area contributed by atoms with Gasteiger partial charge in [-0.25, -0.2) is 0 Å². The first kappa shape index (κ1) is 16.8. The second-order valence-corrected chi connectivity index (χ2v) is 5.83. The zero-order valence-electron chi connectivity index (χ0n) is 13.2. The molecule has 0 saturated heterocycles. The quantitative estimate of drug-likeness (QED) is 0.822. The van der Waals surface area contributed by atoms with E-state index in [1.807, 2.05) is 18.4 Å². The van der Waals surface area contributed by atoms with Gasteiger partial charge in [-0.3, -0.25) is 9.59 Å². The van der Waals surface area contributed by atoms with E-state index in [9.17, 15) is 9.59 Å². The van der Waals surface area contributed by atoms with Crippen LogP contribution in [0.1, 0.15) is 17.4 Å². The van der Waals surface area contributed by atoms with Crippen LogP contribution in [0.2, 0.25) is 0 Å². The summed E-state index contributed by atoms with van der Waals surface area (Å²) >= 11 is 1.58. The average molecular weight is 330 g/mol. The third-order valence-corrected chi connectivity index (χ3v) is 4.05. The maximum atomic E-state index is 12.1. The number of ether oxygens (including phenoxy) is 1. The smallest absolute Gasteiger partial charge is 0.248 e. The summed E-state index contributed by atoms with van der Waals surface area (Å²) in [5.74, 6) is 0.0738. The van der Waals surface area contributed by atoms with Gasteiger partial charge in [0.25, 0.3) is 0 Å². The predicted molar refractivity (Wildman–Crippen MR) is 94.0 cm³/mol. The highest BCUT2D eigenvalue weighted by Gasteiger charge is 2.08. The molecule has 0 aliphatic carbocycles. The molecule has 0 bridgehead atoms. The number of anilines is 2.